The molecule has 5 nitrogen and oxygen atoms in total. The van der Waals surface area contributed by atoms with Crippen LogP contribution in [-0.4, -0.2) is 34.5 Å². The van der Waals surface area contributed by atoms with E-state index in [9.17, 15) is 4.79 Å². The minimum absolute atomic E-state index is 0.233. The van der Waals surface area contributed by atoms with Gasteiger partial charge in [-0.15, -0.1) is 5.10 Å². The van der Waals surface area contributed by atoms with Gasteiger partial charge in [0, 0.05) is 13.2 Å². The number of aldehydes is 1. The molecule has 0 saturated carbocycles. The van der Waals surface area contributed by atoms with Crippen LogP contribution < -0.4 is 0 Å². The molecule has 0 aromatic carbocycles. The molecule has 1 aromatic heterocycles. The first-order valence-corrected chi connectivity index (χ1v) is 5.04. The van der Waals surface area contributed by atoms with E-state index in [2.05, 4.69) is 15.3 Å². The summed E-state index contributed by atoms with van der Waals surface area (Å²) in [6, 6.07) is -0.233. The average molecular weight is 208 g/mol. The predicted molar refractivity (Wildman–Crippen MR) is 58.2 cm³/mol. The maximum atomic E-state index is 10.5. The fourth-order valence-corrected chi connectivity index (χ4v) is 1.19. The summed E-state index contributed by atoms with van der Waals surface area (Å²) in [5, 5.41) is 7.88. The Morgan fingerprint density at radius 3 is 3.13 bits per heavy atom. The molecule has 1 rings (SSSR count). The molecule has 0 amide bonds. The first kappa shape index (κ1) is 11.6. The Bertz CT molecular complexity index is 332. The van der Waals surface area contributed by atoms with Crippen LogP contribution in [0.5, 0.6) is 0 Å². The van der Waals surface area contributed by atoms with Crippen LogP contribution in [0.3, 0.4) is 0 Å². The minimum Gasteiger partial charge on any atom is -0.301 e. The van der Waals surface area contributed by atoms with Crippen molar-refractivity contribution in [3.63, 3.8) is 0 Å². The lowest BCUT2D eigenvalue weighted by atomic mass is 10.2. The van der Waals surface area contributed by atoms with Crippen LogP contribution in [0.2, 0.25) is 0 Å². The summed E-state index contributed by atoms with van der Waals surface area (Å²) in [5.41, 5.74) is 0.924. The van der Waals surface area contributed by atoms with Gasteiger partial charge in [0.15, 0.2) is 0 Å². The Morgan fingerprint density at radius 1 is 1.67 bits per heavy atom. The Hall–Kier alpha value is -1.52. The van der Waals surface area contributed by atoms with Gasteiger partial charge in [-0.05, 0) is 32.4 Å². The molecule has 15 heavy (non-hydrogen) atoms. The van der Waals surface area contributed by atoms with E-state index >= 15 is 0 Å². The van der Waals surface area contributed by atoms with Crippen LogP contribution in [0.15, 0.2) is 11.2 Å². The van der Waals surface area contributed by atoms with Crippen molar-refractivity contribution in [2.45, 2.75) is 32.2 Å². The van der Waals surface area contributed by atoms with Gasteiger partial charge in [0.1, 0.15) is 12.3 Å². The van der Waals surface area contributed by atoms with E-state index in [1.165, 1.54) is 0 Å². The van der Waals surface area contributed by atoms with Crippen LogP contribution in [0.4, 0.5) is 0 Å². The van der Waals surface area contributed by atoms with Crippen LogP contribution >= 0.6 is 0 Å². The average Bonchev–Trinajstić information content (AvgIpc) is 2.72. The first-order valence-electron chi connectivity index (χ1n) is 5.04. The largest absolute Gasteiger partial charge is 0.301 e. The zero-order valence-electron chi connectivity index (χ0n) is 9.13. The monoisotopic (exact) mass is 208 g/mol. The second-order valence-electron chi connectivity index (χ2n) is 3.40. The van der Waals surface area contributed by atoms with Gasteiger partial charge in [-0.1, -0.05) is 5.21 Å². The number of aryl methyl sites for hydroxylation is 1. The summed E-state index contributed by atoms with van der Waals surface area (Å²) in [6.45, 7) is 1.79. The summed E-state index contributed by atoms with van der Waals surface area (Å²) < 4.78 is 1.58. The normalized spacial score (nSPS) is 13.2. The molecular weight excluding hydrogens is 192 g/mol. The topological polar surface area (TPSA) is 60.1 Å². The molecule has 0 aliphatic heterocycles. The first-order chi connectivity index (χ1) is 7.27. The van der Waals surface area contributed by atoms with Crippen molar-refractivity contribution < 1.29 is 4.79 Å². The SMILES string of the molecule is CN=CCCCc1cn(C(C)C=O)nn1. The second kappa shape index (κ2) is 6.06. The van der Waals surface area contributed by atoms with Crippen molar-refractivity contribution in [3.05, 3.63) is 11.9 Å². The summed E-state index contributed by atoms with van der Waals surface area (Å²) in [5.74, 6) is 0. The second-order valence-corrected chi connectivity index (χ2v) is 3.40. The zero-order valence-corrected chi connectivity index (χ0v) is 9.13. The summed E-state index contributed by atoms with van der Waals surface area (Å²) >= 11 is 0. The molecule has 82 valence electrons. The third kappa shape index (κ3) is 3.61. The molecule has 0 N–H and O–H groups in total. The molecule has 0 aliphatic rings. The number of aromatic nitrogens is 3. The molecule has 0 fully saturated rings. The number of nitrogens with zero attached hydrogens (tertiary/aromatic N) is 4. The summed E-state index contributed by atoms with van der Waals surface area (Å²) in [6.07, 6.45) is 7.39. The van der Waals surface area contributed by atoms with E-state index in [1.54, 1.807) is 18.7 Å². The fraction of sp³-hybridized carbons (Fsp3) is 0.600. The van der Waals surface area contributed by atoms with Crippen LogP contribution in [0.25, 0.3) is 0 Å². The molecule has 1 heterocycles. The van der Waals surface area contributed by atoms with Crippen molar-refractivity contribution in [2.24, 2.45) is 4.99 Å². The van der Waals surface area contributed by atoms with Gasteiger partial charge in [-0.2, -0.15) is 0 Å². The molecule has 1 unspecified atom stereocenters. The lowest BCUT2D eigenvalue weighted by Crippen LogP contribution is -2.06. The van der Waals surface area contributed by atoms with Gasteiger partial charge < -0.3 is 9.79 Å². The Balaban J connectivity index is 2.42. The fourth-order valence-electron chi connectivity index (χ4n) is 1.19. The molecule has 0 aliphatic carbocycles. The van der Waals surface area contributed by atoms with Gasteiger partial charge in [0.05, 0.1) is 5.69 Å². The summed E-state index contributed by atoms with van der Waals surface area (Å²) in [7, 11) is 1.77. The van der Waals surface area contributed by atoms with Crippen molar-refractivity contribution >= 4 is 12.5 Å². The highest BCUT2D eigenvalue weighted by Crippen LogP contribution is 2.04. The molecule has 5 heteroatoms. The quantitative estimate of drug-likeness (QED) is 0.399. The number of carbonyl (C=O) groups is 1. The number of aliphatic imine (C=N–C) groups is 1. The summed E-state index contributed by atoms with van der Waals surface area (Å²) in [4.78, 5) is 14.4. The standard InChI is InChI=1S/C10H16N4O/c1-9(8-15)14-7-10(12-13-14)5-3-4-6-11-2/h6-9H,3-5H2,1-2H3. The molecule has 1 atom stereocenters. The van der Waals surface area contributed by atoms with Gasteiger partial charge in [0.25, 0.3) is 0 Å². The van der Waals surface area contributed by atoms with Crippen molar-refractivity contribution in [3.8, 4) is 0 Å². The number of hydrogen-bond donors (Lipinski definition) is 0. The van der Waals surface area contributed by atoms with E-state index in [0.29, 0.717) is 0 Å². The van der Waals surface area contributed by atoms with Crippen molar-refractivity contribution in [1.29, 1.82) is 0 Å². The van der Waals surface area contributed by atoms with Crippen LogP contribution in [0, 0.1) is 0 Å². The van der Waals surface area contributed by atoms with E-state index in [-0.39, 0.29) is 6.04 Å². The number of hydrogen-bond acceptors (Lipinski definition) is 4. The Morgan fingerprint density at radius 2 is 2.47 bits per heavy atom. The van der Waals surface area contributed by atoms with E-state index < -0.39 is 0 Å². The third-order valence-corrected chi connectivity index (χ3v) is 2.12. The van der Waals surface area contributed by atoms with E-state index in [1.807, 2.05) is 12.4 Å². The molecule has 0 spiro atoms. The van der Waals surface area contributed by atoms with Crippen LogP contribution in [-0.2, 0) is 11.2 Å². The van der Waals surface area contributed by atoms with Gasteiger partial charge in [0.2, 0.25) is 0 Å². The minimum atomic E-state index is -0.233. The molecular formula is C10H16N4O. The number of unbranched alkanes of at least 4 members (excludes halogenated alkanes) is 1. The Labute approximate surface area is 89.2 Å². The highest BCUT2D eigenvalue weighted by Gasteiger charge is 2.05. The Kier molecular flexibility index (Phi) is 4.66. The van der Waals surface area contributed by atoms with Crippen molar-refractivity contribution in [2.75, 3.05) is 7.05 Å². The van der Waals surface area contributed by atoms with Crippen LogP contribution in [0.1, 0.15) is 31.5 Å². The van der Waals surface area contributed by atoms with Crippen molar-refractivity contribution in [1.82, 2.24) is 15.0 Å². The highest BCUT2D eigenvalue weighted by atomic mass is 16.1. The molecule has 0 bridgehead atoms. The van der Waals surface area contributed by atoms with Gasteiger partial charge in [-0.3, -0.25) is 0 Å². The van der Waals surface area contributed by atoms with E-state index in [0.717, 1.165) is 31.2 Å². The molecule has 0 saturated heterocycles. The zero-order chi connectivity index (χ0) is 11.1. The third-order valence-electron chi connectivity index (χ3n) is 2.12. The lowest BCUT2D eigenvalue weighted by Gasteiger charge is -1.99. The molecule has 0 radical (unpaired) electrons. The smallest absolute Gasteiger partial charge is 0.144 e. The highest BCUT2D eigenvalue weighted by molar-refractivity contribution is 5.56. The number of carbonyl (C=O) groups excluding carboxylic acids is 1. The molecule has 1 aromatic rings. The van der Waals surface area contributed by atoms with Gasteiger partial charge >= 0.3 is 0 Å². The predicted octanol–water partition coefficient (Wildman–Crippen LogP) is 1.06. The maximum absolute atomic E-state index is 10.5. The van der Waals surface area contributed by atoms with E-state index in [4.69, 9.17) is 0 Å². The number of rotatable bonds is 6. The maximum Gasteiger partial charge on any atom is 0.144 e. The lowest BCUT2D eigenvalue weighted by molar-refractivity contribution is -0.110. The van der Waals surface area contributed by atoms with Gasteiger partial charge in [-0.25, -0.2) is 4.68 Å².